The number of nitrogens with one attached hydrogen (secondary N) is 1. The average Bonchev–Trinajstić information content (AvgIpc) is 2.44. The molecule has 0 aromatic heterocycles. The quantitative estimate of drug-likeness (QED) is 0.465. The van der Waals surface area contributed by atoms with E-state index >= 15 is 0 Å². The van der Waals surface area contributed by atoms with Gasteiger partial charge in [-0.25, -0.2) is 4.79 Å². The van der Waals surface area contributed by atoms with E-state index < -0.39 is 23.4 Å². The Labute approximate surface area is 117 Å². The van der Waals surface area contributed by atoms with Crippen LogP contribution < -0.4 is 5.32 Å². The third kappa shape index (κ3) is 5.32. The van der Waals surface area contributed by atoms with E-state index in [9.17, 15) is 9.59 Å². The first-order valence-electron chi connectivity index (χ1n) is 5.77. The molecule has 1 unspecified atom stereocenters. The predicted octanol–water partition coefficient (Wildman–Crippen LogP) is 1.14. The molecular weight excluding hydrogens is 266 g/mol. The molecule has 0 aliphatic rings. The Balaban J connectivity index is 2.39. The van der Waals surface area contributed by atoms with Gasteiger partial charge in [0, 0.05) is 0 Å². The molecule has 0 saturated heterocycles. The molecule has 0 fully saturated rings. The molecule has 6 heteroatoms. The second-order valence-electron chi connectivity index (χ2n) is 3.91. The van der Waals surface area contributed by atoms with Crippen LogP contribution in [0.1, 0.15) is 12.5 Å². The third-order valence-corrected chi connectivity index (χ3v) is 2.77. The lowest BCUT2D eigenvalue weighted by atomic mass is 10.2. The van der Waals surface area contributed by atoms with Crippen LogP contribution in [0.2, 0.25) is 0 Å². The summed E-state index contributed by atoms with van der Waals surface area (Å²) in [5.74, 6) is -1.00. The van der Waals surface area contributed by atoms with Gasteiger partial charge in [0.15, 0.2) is 5.37 Å². The van der Waals surface area contributed by atoms with Crippen molar-refractivity contribution in [2.45, 2.75) is 24.9 Å². The van der Waals surface area contributed by atoms with Crippen LogP contribution in [0.15, 0.2) is 30.3 Å². The number of methoxy groups -OCH3 is 1. The molecule has 5 nitrogen and oxygen atoms in total. The summed E-state index contributed by atoms with van der Waals surface area (Å²) in [6, 6.07) is 8.68. The molecule has 19 heavy (non-hydrogen) atoms. The predicted molar refractivity (Wildman–Crippen MR) is 73.6 cm³/mol. The highest BCUT2D eigenvalue weighted by Crippen LogP contribution is 2.04. The topological polar surface area (TPSA) is 64.6 Å². The SMILES string of the molecule is COC(=O)[C@@H](C)NC(S)C(=O)OCc1ccccc1. The van der Waals surface area contributed by atoms with Gasteiger partial charge < -0.3 is 9.47 Å². The third-order valence-electron chi connectivity index (χ3n) is 2.41. The number of esters is 2. The summed E-state index contributed by atoms with van der Waals surface area (Å²) in [5.41, 5.74) is 0.886. The summed E-state index contributed by atoms with van der Waals surface area (Å²) in [7, 11) is 1.28. The van der Waals surface area contributed by atoms with Crippen LogP contribution >= 0.6 is 12.6 Å². The highest BCUT2D eigenvalue weighted by molar-refractivity contribution is 7.81. The summed E-state index contributed by atoms with van der Waals surface area (Å²) in [6.07, 6.45) is 0. The molecule has 0 aliphatic heterocycles. The Kier molecular flexibility index (Phi) is 6.38. The van der Waals surface area contributed by atoms with Gasteiger partial charge in [0.1, 0.15) is 12.6 Å². The molecule has 0 spiro atoms. The molecule has 1 N–H and O–H groups in total. The smallest absolute Gasteiger partial charge is 0.333 e. The fourth-order valence-corrected chi connectivity index (χ4v) is 1.66. The van der Waals surface area contributed by atoms with Gasteiger partial charge in [0.05, 0.1) is 7.11 Å². The van der Waals surface area contributed by atoms with Gasteiger partial charge in [-0.1, -0.05) is 30.3 Å². The van der Waals surface area contributed by atoms with Crippen molar-refractivity contribution < 1.29 is 19.1 Å². The Morgan fingerprint density at radius 1 is 1.26 bits per heavy atom. The van der Waals surface area contributed by atoms with E-state index in [0.29, 0.717) is 0 Å². The van der Waals surface area contributed by atoms with Gasteiger partial charge in [0.25, 0.3) is 0 Å². The zero-order valence-electron chi connectivity index (χ0n) is 10.8. The normalized spacial score (nSPS) is 13.4. The number of benzene rings is 1. The van der Waals surface area contributed by atoms with Crippen molar-refractivity contribution in [3.63, 3.8) is 0 Å². The van der Waals surface area contributed by atoms with Crippen molar-refractivity contribution in [3.8, 4) is 0 Å². The lowest BCUT2D eigenvalue weighted by Gasteiger charge is -2.16. The molecule has 0 amide bonds. The van der Waals surface area contributed by atoms with E-state index in [-0.39, 0.29) is 6.61 Å². The Morgan fingerprint density at radius 2 is 1.89 bits per heavy atom. The molecule has 104 valence electrons. The minimum Gasteiger partial charge on any atom is -0.468 e. The highest BCUT2D eigenvalue weighted by Gasteiger charge is 2.21. The molecule has 0 radical (unpaired) electrons. The van der Waals surface area contributed by atoms with Crippen molar-refractivity contribution in [3.05, 3.63) is 35.9 Å². The van der Waals surface area contributed by atoms with E-state index in [0.717, 1.165) is 5.56 Å². The summed E-state index contributed by atoms with van der Waals surface area (Å²) < 4.78 is 9.61. The van der Waals surface area contributed by atoms with Gasteiger partial charge in [-0.05, 0) is 12.5 Å². The van der Waals surface area contributed by atoms with Gasteiger partial charge in [-0.15, -0.1) is 12.6 Å². The van der Waals surface area contributed by atoms with E-state index in [1.807, 2.05) is 30.3 Å². The first-order valence-corrected chi connectivity index (χ1v) is 6.28. The fourth-order valence-electron chi connectivity index (χ4n) is 1.36. The molecule has 0 aliphatic carbocycles. The minimum atomic E-state index is -0.877. The van der Waals surface area contributed by atoms with Crippen LogP contribution in [0.5, 0.6) is 0 Å². The highest BCUT2D eigenvalue weighted by atomic mass is 32.1. The zero-order chi connectivity index (χ0) is 14.3. The lowest BCUT2D eigenvalue weighted by Crippen LogP contribution is -2.43. The number of thiol groups is 1. The van der Waals surface area contributed by atoms with Crippen LogP contribution in [-0.2, 0) is 25.7 Å². The van der Waals surface area contributed by atoms with Crippen molar-refractivity contribution in [1.29, 1.82) is 0 Å². The number of hydrogen-bond acceptors (Lipinski definition) is 6. The molecular formula is C13H17NO4S. The summed E-state index contributed by atoms with van der Waals surface area (Å²) in [4.78, 5) is 22.8. The zero-order valence-corrected chi connectivity index (χ0v) is 11.7. The minimum absolute atomic E-state index is 0.172. The van der Waals surface area contributed by atoms with E-state index in [1.165, 1.54) is 7.11 Å². The molecule has 1 rings (SSSR count). The standard InChI is InChI=1S/C13H17NO4S/c1-9(12(15)17-2)14-11(19)13(16)18-8-10-6-4-3-5-7-10/h3-7,9,11,14,19H,8H2,1-2H3/t9-,11?/m1/s1. The monoisotopic (exact) mass is 283 g/mol. The van der Waals surface area contributed by atoms with Crippen molar-refractivity contribution in [1.82, 2.24) is 5.32 Å². The van der Waals surface area contributed by atoms with Crippen LogP contribution in [-0.4, -0.2) is 30.5 Å². The molecule has 0 bridgehead atoms. The second kappa shape index (κ2) is 7.81. The van der Waals surface area contributed by atoms with E-state index in [4.69, 9.17) is 4.74 Å². The first kappa shape index (κ1) is 15.5. The van der Waals surface area contributed by atoms with Crippen LogP contribution in [0.3, 0.4) is 0 Å². The van der Waals surface area contributed by atoms with Crippen molar-refractivity contribution >= 4 is 24.6 Å². The number of carbonyl (C=O) groups is 2. The number of rotatable bonds is 6. The van der Waals surface area contributed by atoms with Crippen LogP contribution in [0.25, 0.3) is 0 Å². The largest absolute Gasteiger partial charge is 0.468 e. The number of ether oxygens (including phenoxy) is 2. The van der Waals surface area contributed by atoms with Gasteiger partial charge in [-0.3, -0.25) is 10.1 Å². The first-order chi connectivity index (χ1) is 9.04. The fraction of sp³-hybridized carbons (Fsp3) is 0.385. The van der Waals surface area contributed by atoms with Gasteiger partial charge in [-0.2, -0.15) is 0 Å². The molecule has 1 aromatic carbocycles. The summed E-state index contributed by atoms with van der Waals surface area (Å²) in [6.45, 7) is 1.75. The molecule has 1 aromatic rings. The van der Waals surface area contributed by atoms with Gasteiger partial charge >= 0.3 is 11.9 Å². The summed E-state index contributed by atoms with van der Waals surface area (Å²) in [5, 5.41) is 1.80. The maximum Gasteiger partial charge on any atom is 0.333 e. The Morgan fingerprint density at radius 3 is 2.47 bits per heavy atom. The second-order valence-corrected chi connectivity index (χ2v) is 4.42. The van der Waals surface area contributed by atoms with Crippen LogP contribution in [0.4, 0.5) is 0 Å². The van der Waals surface area contributed by atoms with Gasteiger partial charge in [0.2, 0.25) is 0 Å². The Bertz CT molecular complexity index is 424. The number of hydrogen-bond donors (Lipinski definition) is 2. The average molecular weight is 283 g/mol. The summed E-state index contributed by atoms with van der Waals surface area (Å²) >= 11 is 4.05. The lowest BCUT2D eigenvalue weighted by molar-refractivity contribution is -0.146. The maximum atomic E-state index is 11.6. The Hall–Kier alpha value is -1.53. The molecule has 2 atom stereocenters. The molecule has 0 saturated carbocycles. The van der Waals surface area contributed by atoms with E-state index in [1.54, 1.807) is 6.92 Å². The van der Waals surface area contributed by atoms with E-state index in [2.05, 4.69) is 22.7 Å². The van der Waals surface area contributed by atoms with Crippen molar-refractivity contribution in [2.75, 3.05) is 7.11 Å². The van der Waals surface area contributed by atoms with Crippen molar-refractivity contribution in [2.24, 2.45) is 0 Å². The number of carbonyl (C=O) groups excluding carboxylic acids is 2. The van der Waals surface area contributed by atoms with Crippen LogP contribution in [0, 0.1) is 0 Å². The maximum absolute atomic E-state index is 11.6. The molecule has 0 heterocycles.